The zero-order valence-corrected chi connectivity index (χ0v) is 17.1. The van der Waals surface area contributed by atoms with Crippen LogP contribution in [0.15, 0.2) is 72.8 Å². The lowest BCUT2D eigenvalue weighted by atomic mass is 9.84. The van der Waals surface area contributed by atoms with Crippen molar-refractivity contribution < 1.29 is 14.7 Å². The minimum absolute atomic E-state index is 0.116. The molecule has 1 N–H and O–H groups in total. The van der Waals surface area contributed by atoms with E-state index in [1.54, 1.807) is 4.90 Å². The number of para-hydroxylation sites is 2. The van der Waals surface area contributed by atoms with Gasteiger partial charge in [-0.3, -0.25) is 9.59 Å². The molecule has 4 rings (SSSR count). The van der Waals surface area contributed by atoms with E-state index in [0.717, 1.165) is 28.1 Å². The van der Waals surface area contributed by atoms with Gasteiger partial charge < -0.3 is 14.9 Å². The molecule has 1 heterocycles. The summed E-state index contributed by atoms with van der Waals surface area (Å²) < 4.78 is 0. The highest BCUT2D eigenvalue weighted by Gasteiger charge is 2.36. The Morgan fingerprint density at radius 3 is 1.97 bits per heavy atom. The Kier molecular flexibility index (Phi) is 5.27. The van der Waals surface area contributed by atoms with Gasteiger partial charge in [-0.1, -0.05) is 54.1 Å². The molecule has 0 aliphatic carbocycles. The van der Waals surface area contributed by atoms with Crippen LogP contribution in [0.2, 0.25) is 0 Å². The third-order valence-corrected chi connectivity index (χ3v) is 5.63. The number of hydrogen-bond acceptors (Lipinski definition) is 3. The second-order valence-corrected chi connectivity index (χ2v) is 7.58. The smallest absolute Gasteiger partial charge is 0.305 e. The molecular weight excluding hydrogens is 376 g/mol. The third-order valence-electron chi connectivity index (χ3n) is 5.63. The number of carboxylic acids is 1. The normalized spacial score (nSPS) is 12.8. The second-order valence-electron chi connectivity index (χ2n) is 7.58. The highest BCUT2D eigenvalue weighted by Crippen LogP contribution is 2.45. The summed E-state index contributed by atoms with van der Waals surface area (Å²) >= 11 is 0. The van der Waals surface area contributed by atoms with Crippen LogP contribution in [0.4, 0.5) is 17.1 Å². The summed E-state index contributed by atoms with van der Waals surface area (Å²) in [7, 11) is 2.00. The molecule has 3 aromatic rings. The number of carboxylic acid groups (broad SMARTS) is 1. The Labute approximate surface area is 176 Å². The first-order chi connectivity index (χ1) is 14.5. The maximum Gasteiger partial charge on any atom is 0.305 e. The topological polar surface area (TPSA) is 60.9 Å². The van der Waals surface area contributed by atoms with E-state index < -0.39 is 11.9 Å². The largest absolute Gasteiger partial charge is 0.481 e. The van der Waals surface area contributed by atoms with E-state index >= 15 is 0 Å². The van der Waals surface area contributed by atoms with Crippen LogP contribution in [0.25, 0.3) is 0 Å². The van der Waals surface area contributed by atoms with E-state index in [0.29, 0.717) is 5.69 Å². The molecule has 1 aliphatic rings. The number of anilines is 3. The average Bonchev–Trinajstić information content (AvgIpc) is 2.75. The van der Waals surface area contributed by atoms with Gasteiger partial charge in [0.2, 0.25) is 5.91 Å². The van der Waals surface area contributed by atoms with Crippen molar-refractivity contribution in [3.63, 3.8) is 0 Å². The molecule has 0 aromatic heterocycles. The molecule has 0 unspecified atom stereocenters. The van der Waals surface area contributed by atoms with Crippen molar-refractivity contribution in [2.24, 2.45) is 0 Å². The zero-order chi connectivity index (χ0) is 21.3. The Bertz CT molecular complexity index is 1040. The van der Waals surface area contributed by atoms with Crippen molar-refractivity contribution in [3.8, 4) is 0 Å². The van der Waals surface area contributed by atoms with E-state index in [4.69, 9.17) is 0 Å². The minimum atomic E-state index is -0.927. The van der Waals surface area contributed by atoms with Gasteiger partial charge in [0.15, 0.2) is 0 Å². The summed E-state index contributed by atoms with van der Waals surface area (Å²) in [4.78, 5) is 28.9. The first kappa shape index (κ1) is 19.7. The molecule has 0 spiro atoms. The van der Waals surface area contributed by atoms with Gasteiger partial charge >= 0.3 is 5.97 Å². The van der Waals surface area contributed by atoms with Crippen LogP contribution in [-0.2, 0) is 9.59 Å². The molecule has 0 saturated carbocycles. The molecule has 5 nitrogen and oxygen atoms in total. The van der Waals surface area contributed by atoms with Gasteiger partial charge in [-0.25, -0.2) is 0 Å². The average molecular weight is 400 g/mol. The number of rotatable bonds is 5. The van der Waals surface area contributed by atoms with Crippen molar-refractivity contribution >= 4 is 28.9 Å². The maximum absolute atomic E-state index is 13.9. The summed E-state index contributed by atoms with van der Waals surface area (Å²) in [6, 6.07) is 23.4. The summed E-state index contributed by atoms with van der Waals surface area (Å²) in [5.74, 6) is -1.54. The van der Waals surface area contributed by atoms with Crippen molar-refractivity contribution in [1.82, 2.24) is 0 Å². The number of fused-ring (bicyclic) bond motifs is 2. The molecular formula is C25H24N2O3. The standard InChI is InChI=1S/C25H24N2O3/c1-17-11-13-18(14-12-17)27(16-15-23(28)29)25(30)24-19-7-3-5-9-21(19)26(2)22-10-6-4-8-20(22)24/h3-14,24H,15-16H2,1-2H3,(H,28,29). The fourth-order valence-electron chi connectivity index (χ4n) is 4.09. The number of aliphatic carboxylic acids is 1. The quantitative estimate of drug-likeness (QED) is 0.673. The summed E-state index contributed by atoms with van der Waals surface area (Å²) in [6.45, 7) is 2.10. The van der Waals surface area contributed by atoms with Crippen LogP contribution < -0.4 is 9.80 Å². The van der Waals surface area contributed by atoms with Crippen LogP contribution in [0, 0.1) is 6.92 Å². The number of benzene rings is 3. The van der Waals surface area contributed by atoms with Gasteiger partial charge in [0.25, 0.3) is 0 Å². The summed E-state index contributed by atoms with van der Waals surface area (Å²) in [5.41, 5.74) is 5.61. The molecule has 30 heavy (non-hydrogen) atoms. The molecule has 1 amide bonds. The zero-order valence-electron chi connectivity index (χ0n) is 17.1. The van der Waals surface area contributed by atoms with E-state index in [-0.39, 0.29) is 18.9 Å². The van der Waals surface area contributed by atoms with Gasteiger partial charge in [0.05, 0.1) is 12.3 Å². The second kappa shape index (κ2) is 8.03. The number of carbonyl (C=O) groups is 2. The molecule has 0 saturated heterocycles. The van der Waals surface area contributed by atoms with Crippen molar-refractivity contribution in [1.29, 1.82) is 0 Å². The summed E-state index contributed by atoms with van der Waals surface area (Å²) in [6.07, 6.45) is -0.116. The Morgan fingerprint density at radius 1 is 0.900 bits per heavy atom. The van der Waals surface area contributed by atoms with Crippen LogP contribution >= 0.6 is 0 Å². The van der Waals surface area contributed by atoms with Crippen molar-refractivity contribution in [2.75, 3.05) is 23.4 Å². The molecule has 0 radical (unpaired) electrons. The van der Waals surface area contributed by atoms with E-state index in [2.05, 4.69) is 4.90 Å². The molecule has 0 bridgehead atoms. The SMILES string of the molecule is Cc1ccc(N(CCC(=O)O)C(=O)C2c3ccccc3N(C)c3ccccc32)cc1. The Morgan fingerprint density at radius 2 is 1.43 bits per heavy atom. The number of carbonyl (C=O) groups excluding carboxylic acids is 1. The van der Waals surface area contributed by atoms with Gasteiger partial charge in [-0.2, -0.15) is 0 Å². The molecule has 1 aliphatic heterocycles. The Hall–Kier alpha value is -3.60. The minimum Gasteiger partial charge on any atom is -0.481 e. The summed E-state index contributed by atoms with van der Waals surface area (Å²) in [5, 5.41) is 9.25. The first-order valence-corrected chi connectivity index (χ1v) is 9.99. The van der Waals surface area contributed by atoms with E-state index in [9.17, 15) is 14.7 Å². The number of amides is 1. The van der Waals surface area contributed by atoms with Crippen LogP contribution in [0.5, 0.6) is 0 Å². The van der Waals surface area contributed by atoms with Crippen LogP contribution in [0.1, 0.15) is 29.0 Å². The van der Waals surface area contributed by atoms with Crippen molar-refractivity contribution in [2.45, 2.75) is 19.3 Å². The molecule has 5 heteroatoms. The lowest BCUT2D eigenvalue weighted by molar-refractivity contribution is -0.136. The lowest BCUT2D eigenvalue weighted by Gasteiger charge is -2.37. The Balaban J connectivity index is 1.82. The first-order valence-electron chi connectivity index (χ1n) is 9.99. The lowest BCUT2D eigenvalue weighted by Crippen LogP contribution is -2.39. The van der Waals surface area contributed by atoms with Crippen molar-refractivity contribution in [3.05, 3.63) is 89.5 Å². The highest BCUT2D eigenvalue weighted by atomic mass is 16.4. The number of hydrogen-bond donors (Lipinski definition) is 1. The maximum atomic E-state index is 13.9. The van der Waals surface area contributed by atoms with E-state index in [1.165, 1.54) is 0 Å². The number of nitrogens with zero attached hydrogens (tertiary/aromatic N) is 2. The van der Waals surface area contributed by atoms with Gasteiger partial charge in [-0.15, -0.1) is 0 Å². The highest BCUT2D eigenvalue weighted by molar-refractivity contribution is 6.03. The van der Waals surface area contributed by atoms with Crippen LogP contribution in [0.3, 0.4) is 0 Å². The van der Waals surface area contributed by atoms with Gasteiger partial charge in [0, 0.05) is 30.7 Å². The molecule has 3 aromatic carbocycles. The predicted molar refractivity (Wildman–Crippen MR) is 119 cm³/mol. The fourth-order valence-corrected chi connectivity index (χ4v) is 4.09. The predicted octanol–water partition coefficient (Wildman–Crippen LogP) is 4.72. The monoisotopic (exact) mass is 400 g/mol. The number of aryl methyl sites for hydroxylation is 1. The molecule has 0 fully saturated rings. The molecule has 152 valence electrons. The van der Waals surface area contributed by atoms with Gasteiger partial charge in [-0.05, 0) is 42.3 Å². The van der Waals surface area contributed by atoms with Gasteiger partial charge in [0.1, 0.15) is 0 Å². The fraction of sp³-hybridized carbons (Fsp3) is 0.200. The van der Waals surface area contributed by atoms with E-state index in [1.807, 2.05) is 86.8 Å². The molecule has 0 atom stereocenters. The van der Waals surface area contributed by atoms with Crippen LogP contribution in [-0.4, -0.2) is 30.6 Å². The third kappa shape index (κ3) is 3.54.